The zero-order valence-electron chi connectivity index (χ0n) is 12.1. The number of aromatic amines is 1. The minimum absolute atomic E-state index is 0.169. The molecule has 3 rings (SSSR count). The molecule has 2 aromatic heterocycles. The molecule has 21 heavy (non-hydrogen) atoms. The van der Waals surface area contributed by atoms with Gasteiger partial charge in [-0.1, -0.05) is 0 Å². The zero-order valence-corrected chi connectivity index (χ0v) is 12.1. The predicted molar refractivity (Wildman–Crippen MR) is 77.7 cm³/mol. The average molecular weight is 284 g/mol. The molecule has 0 bridgehead atoms. The number of H-pyrrole nitrogens is 1. The second-order valence-corrected chi connectivity index (χ2v) is 5.03. The Bertz CT molecular complexity index is 803. The molecule has 0 aliphatic carbocycles. The Morgan fingerprint density at radius 1 is 1.43 bits per heavy atom. The van der Waals surface area contributed by atoms with E-state index in [2.05, 4.69) is 25.5 Å². The molecule has 108 valence electrons. The molecule has 0 spiro atoms. The quantitative estimate of drug-likeness (QED) is 0.762. The van der Waals surface area contributed by atoms with Gasteiger partial charge in [0.2, 0.25) is 0 Å². The van der Waals surface area contributed by atoms with E-state index in [-0.39, 0.29) is 11.9 Å². The number of aryl methyl sites for hydroxylation is 2. The van der Waals surface area contributed by atoms with Crippen LogP contribution in [0.15, 0.2) is 24.5 Å². The zero-order chi connectivity index (χ0) is 15.0. The normalized spacial score (nSPS) is 12.5. The highest BCUT2D eigenvalue weighted by atomic mass is 16.1. The standard InChI is InChI=1S/C14H16N6O/c1-8(13-17-9(2)18-19-13)16-14(21)10-4-5-12-11(6-10)15-7-20(12)3/h4-8H,1-3H3,(H,16,21)(H,17,18,19)/t8-/m1/s1. The lowest BCUT2D eigenvalue weighted by atomic mass is 10.1. The summed E-state index contributed by atoms with van der Waals surface area (Å²) in [5.74, 6) is 1.12. The van der Waals surface area contributed by atoms with Crippen LogP contribution in [0.4, 0.5) is 0 Å². The van der Waals surface area contributed by atoms with Crippen LogP contribution in [-0.2, 0) is 7.05 Å². The Labute approximate surface area is 121 Å². The molecule has 1 atom stereocenters. The molecule has 0 saturated heterocycles. The first-order chi connectivity index (χ1) is 10.0. The van der Waals surface area contributed by atoms with Gasteiger partial charge >= 0.3 is 0 Å². The van der Waals surface area contributed by atoms with E-state index in [1.807, 2.05) is 31.5 Å². The van der Waals surface area contributed by atoms with Gasteiger partial charge in [0.1, 0.15) is 5.82 Å². The number of rotatable bonds is 3. The maximum atomic E-state index is 12.3. The monoisotopic (exact) mass is 284 g/mol. The van der Waals surface area contributed by atoms with Gasteiger partial charge in [0.25, 0.3) is 5.91 Å². The third-order valence-corrected chi connectivity index (χ3v) is 3.34. The molecule has 0 unspecified atom stereocenters. The van der Waals surface area contributed by atoms with Crippen LogP contribution >= 0.6 is 0 Å². The fraction of sp³-hybridized carbons (Fsp3) is 0.286. The minimum atomic E-state index is -0.262. The summed E-state index contributed by atoms with van der Waals surface area (Å²) in [7, 11) is 1.92. The van der Waals surface area contributed by atoms with Gasteiger partial charge in [-0.2, -0.15) is 5.10 Å². The Kier molecular flexibility index (Phi) is 3.17. The summed E-state index contributed by atoms with van der Waals surface area (Å²) in [4.78, 5) is 20.7. The number of benzene rings is 1. The molecule has 7 nitrogen and oxygen atoms in total. The van der Waals surface area contributed by atoms with Gasteiger partial charge in [0.05, 0.1) is 23.4 Å². The third-order valence-electron chi connectivity index (χ3n) is 3.34. The van der Waals surface area contributed by atoms with Gasteiger partial charge in [0.15, 0.2) is 5.82 Å². The van der Waals surface area contributed by atoms with E-state index in [0.29, 0.717) is 11.4 Å². The molecular formula is C14H16N6O. The molecule has 0 saturated carbocycles. The van der Waals surface area contributed by atoms with Crippen molar-refractivity contribution >= 4 is 16.9 Å². The summed E-state index contributed by atoms with van der Waals surface area (Å²) < 4.78 is 1.91. The Morgan fingerprint density at radius 3 is 2.95 bits per heavy atom. The van der Waals surface area contributed by atoms with Crippen LogP contribution in [-0.4, -0.2) is 30.6 Å². The van der Waals surface area contributed by atoms with Crippen LogP contribution in [0, 0.1) is 6.92 Å². The number of hydrogen-bond acceptors (Lipinski definition) is 4. The number of hydrogen-bond donors (Lipinski definition) is 2. The molecule has 1 aromatic carbocycles. The molecule has 1 amide bonds. The van der Waals surface area contributed by atoms with Crippen molar-refractivity contribution in [1.29, 1.82) is 0 Å². The molecule has 7 heteroatoms. The summed E-state index contributed by atoms with van der Waals surface area (Å²) in [6, 6.07) is 5.19. The minimum Gasteiger partial charge on any atom is -0.342 e. The second-order valence-electron chi connectivity index (χ2n) is 5.03. The van der Waals surface area contributed by atoms with Gasteiger partial charge < -0.3 is 9.88 Å². The van der Waals surface area contributed by atoms with Crippen molar-refractivity contribution in [3.05, 3.63) is 41.7 Å². The van der Waals surface area contributed by atoms with E-state index >= 15 is 0 Å². The second kappa shape index (κ2) is 5.01. The van der Waals surface area contributed by atoms with Crippen LogP contribution in [0.1, 0.15) is 35.0 Å². The highest BCUT2D eigenvalue weighted by Crippen LogP contribution is 2.15. The van der Waals surface area contributed by atoms with Crippen LogP contribution in [0.3, 0.4) is 0 Å². The Hall–Kier alpha value is -2.70. The van der Waals surface area contributed by atoms with Crippen LogP contribution in [0.2, 0.25) is 0 Å². The molecule has 0 aliphatic heterocycles. The van der Waals surface area contributed by atoms with E-state index in [1.54, 1.807) is 18.5 Å². The van der Waals surface area contributed by atoms with Gasteiger partial charge in [-0.05, 0) is 32.0 Å². The molecule has 0 aliphatic rings. The van der Waals surface area contributed by atoms with E-state index in [9.17, 15) is 4.79 Å². The fourth-order valence-corrected chi connectivity index (χ4v) is 2.18. The summed E-state index contributed by atoms with van der Waals surface area (Å²) in [6.45, 7) is 3.67. The average Bonchev–Trinajstić information content (AvgIpc) is 3.05. The maximum Gasteiger partial charge on any atom is 0.251 e. The number of fused-ring (bicyclic) bond motifs is 1. The smallest absolute Gasteiger partial charge is 0.251 e. The van der Waals surface area contributed by atoms with E-state index in [0.717, 1.165) is 16.9 Å². The van der Waals surface area contributed by atoms with Crippen molar-refractivity contribution in [3.8, 4) is 0 Å². The van der Waals surface area contributed by atoms with Crippen molar-refractivity contribution in [1.82, 2.24) is 30.0 Å². The van der Waals surface area contributed by atoms with E-state index < -0.39 is 0 Å². The van der Waals surface area contributed by atoms with Crippen LogP contribution in [0.25, 0.3) is 11.0 Å². The first-order valence-corrected chi connectivity index (χ1v) is 6.65. The number of imidazole rings is 1. The number of aromatic nitrogens is 5. The highest BCUT2D eigenvalue weighted by Gasteiger charge is 2.15. The predicted octanol–water partition coefficient (Wildman–Crippen LogP) is 1.49. The van der Waals surface area contributed by atoms with Crippen LogP contribution < -0.4 is 5.32 Å². The summed E-state index contributed by atoms with van der Waals surface area (Å²) in [5.41, 5.74) is 2.36. The molecule has 3 aromatic rings. The highest BCUT2D eigenvalue weighted by molar-refractivity contribution is 5.97. The number of nitrogens with one attached hydrogen (secondary N) is 2. The first-order valence-electron chi connectivity index (χ1n) is 6.65. The first kappa shape index (κ1) is 13.3. The SMILES string of the molecule is Cc1nc([C@@H](C)NC(=O)c2ccc3c(c2)ncn3C)n[nH]1. The van der Waals surface area contributed by atoms with Gasteiger partial charge in [0, 0.05) is 12.6 Å². The number of carbonyl (C=O) groups is 1. The topological polar surface area (TPSA) is 88.5 Å². The van der Waals surface area contributed by atoms with E-state index in [4.69, 9.17) is 0 Å². The molecule has 2 N–H and O–H groups in total. The summed E-state index contributed by atoms with van der Waals surface area (Å²) in [5, 5.41) is 9.69. The van der Waals surface area contributed by atoms with Gasteiger partial charge in [-0.25, -0.2) is 9.97 Å². The lowest BCUT2D eigenvalue weighted by molar-refractivity contribution is 0.0938. The largest absolute Gasteiger partial charge is 0.342 e. The van der Waals surface area contributed by atoms with Gasteiger partial charge in [-0.3, -0.25) is 9.89 Å². The summed E-state index contributed by atoms with van der Waals surface area (Å²) in [6.07, 6.45) is 1.73. The number of nitrogens with zero attached hydrogens (tertiary/aromatic N) is 4. The van der Waals surface area contributed by atoms with Crippen molar-refractivity contribution in [3.63, 3.8) is 0 Å². The Morgan fingerprint density at radius 2 is 2.24 bits per heavy atom. The maximum absolute atomic E-state index is 12.3. The third kappa shape index (κ3) is 2.49. The molecule has 0 fully saturated rings. The van der Waals surface area contributed by atoms with Gasteiger partial charge in [-0.15, -0.1) is 0 Å². The Balaban J connectivity index is 1.80. The van der Waals surface area contributed by atoms with Crippen LogP contribution in [0.5, 0.6) is 0 Å². The lowest BCUT2D eigenvalue weighted by Gasteiger charge is -2.10. The lowest BCUT2D eigenvalue weighted by Crippen LogP contribution is -2.27. The molecular weight excluding hydrogens is 268 g/mol. The fourth-order valence-electron chi connectivity index (χ4n) is 2.18. The van der Waals surface area contributed by atoms with Crippen molar-refractivity contribution in [2.75, 3.05) is 0 Å². The number of amides is 1. The van der Waals surface area contributed by atoms with Crippen molar-refractivity contribution in [2.45, 2.75) is 19.9 Å². The summed E-state index contributed by atoms with van der Waals surface area (Å²) >= 11 is 0. The molecule has 2 heterocycles. The van der Waals surface area contributed by atoms with Crippen molar-refractivity contribution in [2.24, 2.45) is 7.05 Å². The van der Waals surface area contributed by atoms with E-state index in [1.165, 1.54) is 0 Å². The number of carbonyl (C=O) groups excluding carboxylic acids is 1. The molecule has 0 radical (unpaired) electrons. The van der Waals surface area contributed by atoms with Crippen molar-refractivity contribution < 1.29 is 4.79 Å².